The summed E-state index contributed by atoms with van der Waals surface area (Å²) < 4.78 is 28.2. The second kappa shape index (κ2) is 9.67. The third-order valence-corrected chi connectivity index (χ3v) is 8.62. The number of aryl methyl sites for hydroxylation is 1. The lowest BCUT2D eigenvalue weighted by molar-refractivity contribution is 0.0698. The van der Waals surface area contributed by atoms with Gasteiger partial charge in [0.05, 0.1) is 6.61 Å². The number of pyridine rings is 1. The van der Waals surface area contributed by atoms with Gasteiger partial charge < -0.3 is 15.0 Å². The highest BCUT2D eigenvalue weighted by Crippen LogP contribution is 2.30. The fourth-order valence-electron chi connectivity index (χ4n) is 4.55. The summed E-state index contributed by atoms with van der Waals surface area (Å²) in [7, 11) is -3.90. The maximum atomic E-state index is 13.4. The molecular formula is C26H25ClN4O4S. The number of hydrogen-bond donors (Lipinski definition) is 2. The molecule has 1 amide bonds. The topological polar surface area (TPSA) is 107 Å². The van der Waals surface area contributed by atoms with Crippen molar-refractivity contribution in [2.24, 2.45) is 0 Å². The average molecular weight is 525 g/mol. The molecular weight excluding hydrogens is 500 g/mol. The van der Waals surface area contributed by atoms with Gasteiger partial charge in [-0.05, 0) is 60.5 Å². The third-order valence-electron chi connectivity index (χ3n) is 6.47. The summed E-state index contributed by atoms with van der Waals surface area (Å²) >= 11 is 6.07. The van der Waals surface area contributed by atoms with Gasteiger partial charge in [0, 0.05) is 65.1 Å². The van der Waals surface area contributed by atoms with Crippen LogP contribution in [0.25, 0.3) is 22.0 Å². The van der Waals surface area contributed by atoms with Crippen molar-refractivity contribution in [1.82, 2.24) is 19.2 Å². The van der Waals surface area contributed by atoms with E-state index in [1.807, 2.05) is 31.2 Å². The van der Waals surface area contributed by atoms with Gasteiger partial charge in [-0.2, -0.15) is 4.31 Å². The predicted molar refractivity (Wildman–Crippen MR) is 138 cm³/mol. The Balaban J connectivity index is 1.30. The number of carbonyl (C=O) groups excluding carboxylic acids is 1. The lowest BCUT2D eigenvalue weighted by Crippen LogP contribution is -2.50. The first kappa shape index (κ1) is 24.5. The first-order chi connectivity index (χ1) is 17.3. The molecule has 0 saturated carbocycles. The molecule has 0 unspecified atom stereocenters. The van der Waals surface area contributed by atoms with Crippen LogP contribution in [0.4, 0.5) is 0 Å². The molecule has 2 N–H and O–H groups in total. The second-order valence-electron chi connectivity index (χ2n) is 8.74. The highest BCUT2D eigenvalue weighted by atomic mass is 35.5. The highest BCUT2D eigenvalue weighted by Gasteiger charge is 2.33. The minimum absolute atomic E-state index is 0.0380. The number of aromatic amines is 1. The van der Waals surface area contributed by atoms with E-state index in [9.17, 15) is 18.3 Å². The van der Waals surface area contributed by atoms with E-state index in [0.717, 1.165) is 16.8 Å². The first-order valence-electron chi connectivity index (χ1n) is 11.5. The molecule has 4 aromatic rings. The molecule has 186 valence electrons. The molecule has 1 aliphatic rings. The van der Waals surface area contributed by atoms with Crippen LogP contribution in [0.1, 0.15) is 21.6 Å². The Morgan fingerprint density at radius 1 is 1.03 bits per heavy atom. The van der Waals surface area contributed by atoms with Gasteiger partial charge in [-0.25, -0.2) is 8.42 Å². The number of aliphatic hydroxyl groups is 1. The lowest BCUT2D eigenvalue weighted by atomic mass is 10.0. The molecule has 2 aromatic carbocycles. The van der Waals surface area contributed by atoms with E-state index in [-0.39, 0.29) is 42.7 Å². The minimum Gasteiger partial charge on any atom is -0.392 e. The fraction of sp³-hybridized carbons (Fsp3) is 0.231. The number of piperazine rings is 1. The molecule has 2 aromatic heterocycles. The number of carbonyl (C=O) groups is 1. The molecule has 3 heterocycles. The van der Waals surface area contributed by atoms with E-state index < -0.39 is 16.6 Å². The van der Waals surface area contributed by atoms with Gasteiger partial charge in [-0.1, -0.05) is 23.7 Å². The number of benzene rings is 2. The van der Waals surface area contributed by atoms with E-state index in [1.54, 1.807) is 41.4 Å². The predicted octanol–water partition coefficient (Wildman–Crippen LogP) is 3.83. The van der Waals surface area contributed by atoms with Gasteiger partial charge in [0.15, 0.2) is 5.03 Å². The number of rotatable bonds is 5. The number of halogens is 1. The maximum Gasteiger partial charge on any atom is 0.259 e. The molecule has 1 aliphatic heterocycles. The summed E-state index contributed by atoms with van der Waals surface area (Å²) in [5.74, 6) is -0.138. The van der Waals surface area contributed by atoms with Crippen molar-refractivity contribution in [3.05, 3.63) is 82.6 Å². The summed E-state index contributed by atoms with van der Waals surface area (Å²) in [5, 5.41) is 10.9. The molecule has 8 nitrogen and oxygen atoms in total. The summed E-state index contributed by atoms with van der Waals surface area (Å²) in [6.45, 7) is 2.34. The van der Waals surface area contributed by atoms with E-state index in [1.165, 1.54) is 4.31 Å². The SMILES string of the molecule is Cc1cc(-c2ccc(C(=O)N3CCN(S(=O)(=O)c4[nH]c5ccc(Cl)cc5c4CO)CC3)cc2)ccn1. The highest BCUT2D eigenvalue weighted by molar-refractivity contribution is 7.89. The van der Waals surface area contributed by atoms with E-state index in [2.05, 4.69) is 9.97 Å². The largest absolute Gasteiger partial charge is 0.392 e. The van der Waals surface area contributed by atoms with Gasteiger partial charge in [0.1, 0.15) is 0 Å². The van der Waals surface area contributed by atoms with Gasteiger partial charge in [0.2, 0.25) is 0 Å². The summed E-state index contributed by atoms with van der Waals surface area (Å²) in [4.78, 5) is 21.9. The van der Waals surface area contributed by atoms with E-state index >= 15 is 0 Å². The van der Waals surface area contributed by atoms with Crippen LogP contribution in [-0.2, 0) is 16.6 Å². The van der Waals surface area contributed by atoms with Gasteiger partial charge in [-0.15, -0.1) is 0 Å². The van der Waals surface area contributed by atoms with Crippen molar-refractivity contribution >= 4 is 38.4 Å². The zero-order valence-corrected chi connectivity index (χ0v) is 21.2. The van der Waals surface area contributed by atoms with Crippen molar-refractivity contribution in [3.8, 4) is 11.1 Å². The Labute approximate surface area is 214 Å². The summed E-state index contributed by atoms with van der Waals surface area (Å²) in [6.07, 6.45) is 1.76. The molecule has 10 heteroatoms. The zero-order valence-electron chi connectivity index (χ0n) is 19.6. The molecule has 0 bridgehead atoms. The Bertz CT molecular complexity index is 1540. The molecule has 0 radical (unpaired) electrons. The standard InChI is InChI=1S/C26H25ClN4O4S/c1-17-14-20(8-9-28-17)18-2-4-19(5-3-18)26(33)30-10-12-31(13-11-30)36(34,35)25-23(16-32)22-15-21(27)6-7-24(22)29-25/h2-9,14-15,29,32H,10-13,16H2,1H3. The molecule has 36 heavy (non-hydrogen) atoms. The van der Waals surface area contributed by atoms with Crippen molar-refractivity contribution in [2.75, 3.05) is 26.2 Å². The third kappa shape index (κ3) is 4.51. The minimum atomic E-state index is -3.90. The summed E-state index contributed by atoms with van der Waals surface area (Å²) in [6, 6.07) is 16.3. The van der Waals surface area contributed by atoms with Crippen LogP contribution >= 0.6 is 11.6 Å². The summed E-state index contributed by atoms with van der Waals surface area (Å²) in [5.41, 5.74) is 4.37. The molecule has 1 saturated heterocycles. The van der Waals surface area contributed by atoms with Gasteiger partial charge >= 0.3 is 0 Å². The molecule has 0 spiro atoms. The molecule has 0 atom stereocenters. The molecule has 5 rings (SSSR count). The fourth-order valence-corrected chi connectivity index (χ4v) is 6.35. The number of aromatic nitrogens is 2. The average Bonchev–Trinajstić information content (AvgIpc) is 3.27. The quantitative estimate of drug-likeness (QED) is 0.412. The Morgan fingerprint density at radius 3 is 2.42 bits per heavy atom. The monoisotopic (exact) mass is 524 g/mol. The number of nitrogens with one attached hydrogen (secondary N) is 1. The number of sulfonamides is 1. The van der Waals surface area contributed by atoms with Crippen LogP contribution in [0.15, 0.2) is 65.8 Å². The van der Waals surface area contributed by atoms with Crippen LogP contribution < -0.4 is 0 Å². The number of H-pyrrole nitrogens is 1. The van der Waals surface area contributed by atoms with Crippen molar-refractivity contribution in [1.29, 1.82) is 0 Å². The lowest BCUT2D eigenvalue weighted by Gasteiger charge is -2.34. The van der Waals surface area contributed by atoms with Gasteiger partial charge in [-0.3, -0.25) is 9.78 Å². The first-order valence-corrected chi connectivity index (χ1v) is 13.3. The Morgan fingerprint density at radius 2 is 1.75 bits per heavy atom. The normalized spacial score (nSPS) is 14.9. The van der Waals surface area contributed by atoms with Crippen molar-refractivity contribution in [2.45, 2.75) is 18.6 Å². The number of nitrogens with zero attached hydrogens (tertiary/aromatic N) is 3. The van der Waals surface area contributed by atoms with Crippen LogP contribution in [0.2, 0.25) is 5.02 Å². The van der Waals surface area contributed by atoms with E-state index in [0.29, 0.717) is 21.5 Å². The second-order valence-corrected chi connectivity index (χ2v) is 11.1. The Hall–Kier alpha value is -3.24. The smallest absolute Gasteiger partial charge is 0.259 e. The van der Waals surface area contributed by atoms with Crippen molar-refractivity contribution < 1.29 is 18.3 Å². The number of fused-ring (bicyclic) bond motifs is 1. The molecule has 0 aliphatic carbocycles. The van der Waals surface area contributed by atoms with Crippen molar-refractivity contribution in [3.63, 3.8) is 0 Å². The van der Waals surface area contributed by atoms with E-state index in [4.69, 9.17) is 11.6 Å². The Kier molecular flexibility index (Phi) is 6.57. The van der Waals surface area contributed by atoms with Crippen LogP contribution in [0, 0.1) is 6.92 Å². The number of hydrogen-bond acceptors (Lipinski definition) is 5. The zero-order chi connectivity index (χ0) is 25.4. The van der Waals surface area contributed by atoms with Crippen LogP contribution in [-0.4, -0.2) is 64.8 Å². The van der Waals surface area contributed by atoms with Crippen LogP contribution in [0.5, 0.6) is 0 Å². The van der Waals surface area contributed by atoms with Gasteiger partial charge in [0.25, 0.3) is 15.9 Å². The maximum absolute atomic E-state index is 13.4. The number of amides is 1. The van der Waals surface area contributed by atoms with Crippen LogP contribution in [0.3, 0.4) is 0 Å². The number of aliphatic hydroxyl groups excluding tert-OH is 1. The molecule has 1 fully saturated rings.